The van der Waals surface area contributed by atoms with Crippen LogP contribution in [-0.2, 0) is 16.6 Å². The van der Waals surface area contributed by atoms with Crippen LogP contribution in [-0.4, -0.2) is 6.29 Å². The van der Waals surface area contributed by atoms with Crippen LogP contribution < -0.4 is 0 Å². The number of aryl methyl sites for hydroxylation is 1. The van der Waals surface area contributed by atoms with Crippen LogP contribution in [0.4, 0.5) is 0 Å². The van der Waals surface area contributed by atoms with Gasteiger partial charge in [0.15, 0.2) is 0 Å². The largest absolute Gasteiger partial charge is 0.302 e. The fraction of sp³-hybridized carbons (Fsp3) is 0.235. The van der Waals surface area contributed by atoms with Crippen LogP contribution in [0.25, 0.3) is 0 Å². The van der Waals surface area contributed by atoms with Crippen LogP contribution in [0.2, 0.25) is 5.02 Å². The highest BCUT2D eigenvalue weighted by atomic mass is 35.5. The number of rotatable bonds is 4. The molecule has 1 unspecified atom stereocenters. The number of halogens is 1. The molecule has 0 heterocycles. The molecule has 0 saturated heterocycles. The van der Waals surface area contributed by atoms with E-state index in [0.717, 1.165) is 11.8 Å². The summed E-state index contributed by atoms with van der Waals surface area (Å²) in [6.45, 7) is 4.02. The van der Waals surface area contributed by atoms with Crippen molar-refractivity contribution < 1.29 is 4.79 Å². The average molecular weight is 273 g/mol. The van der Waals surface area contributed by atoms with Gasteiger partial charge in [-0.15, -0.1) is 0 Å². The molecule has 2 aromatic rings. The molecular formula is C17H17ClO. The highest BCUT2D eigenvalue weighted by Crippen LogP contribution is 2.29. The van der Waals surface area contributed by atoms with Gasteiger partial charge in [0.05, 0.1) is 5.41 Å². The van der Waals surface area contributed by atoms with Gasteiger partial charge in [-0.1, -0.05) is 48.0 Å². The summed E-state index contributed by atoms with van der Waals surface area (Å²) >= 11 is 6.03. The molecule has 0 bridgehead atoms. The molecule has 0 amide bonds. The molecule has 0 aliphatic heterocycles. The van der Waals surface area contributed by atoms with E-state index in [2.05, 4.69) is 19.1 Å². The monoisotopic (exact) mass is 272 g/mol. The first-order valence-corrected chi connectivity index (χ1v) is 6.70. The van der Waals surface area contributed by atoms with Crippen molar-refractivity contribution in [2.75, 3.05) is 0 Å². The Hall–Kier alpha value is -1.60. The molecule has 0 aromatic heterocycles. The normalized spacial score (nSPS) is 13.8. The van der Waals surface area contributed by atoms with E-state index in [1.165, 1.54) is 11.1 Å². The second-order valence-electron chi connectivity index (χ2n) is 5.15. The molecule has 0 saturated carbocycles. The van der Waals surface area contributed by atoms with Crippen LogP contribution in [0, 0.1) is 6.92 Å². The molecule has 1 nitrogen and oxygen atoms in total. The van der Waals surface area contributed by atoms with Crippen molar-refractivity contribution in [1.29, 1.82) is 0 Å². The van der Waals surface area contributed by atoms with Gasteiger partial charge in [0.25, 0.3) is 0 Å². The van der Waals surface area contributed by atoms with Crippen molar-refractivity contribution >= 4 is 17.9 Å². The third-order valence-electron chi connectivity index (χ3n) is 3.56. The topological polar surface area (TPSA) is 17.1 Å². The Kier molecular flexibility index (Phi) is 4.06. The van der Waals surface area contributed by atoms with Crippen molar-refractivity contribution in [1.82, 2.24) is 0 Å². The zero-order chi connectivity index (χ0) is 13.9. The second kappa shape index (κ2) is 5.58. The lowest BCUT2D eigenvalue weighted by atomic mass is 9.78. The highest BCUT2D eigenvalue weighted by molar-refractivity contribution is 6.30. The van der Waals surface area contributed by atoms with E-state index < -0.39 is 5.41 Å². The van der Waals surface area contributed by atoms with E-state index in [4.69, 9.17) is 11.6 Å². The van der Waals surface area contributed by atoms with Gasteiger partial charge in [0, 0.05) is 5.02 Å². The van der Waals surface area contributed by atoms with E-state index in [9.17, 15) is 4.79 Å². The molecule has 0 aliphatic carbocycles. The number of carbonyl (C=O) groups excluding carboxylic acids is 1. The fourth-order valence-corrected chi connectivity index (χ4v) is 2.45. The first kappa shape index (κ1) is 13.8. The van der Waals surface area contributed by atoms with Crippen LogP contribution in [0.15, 0.2) is 48.5 Å². The molecule has 19 heavy (non-hydrogen) atoms. The van der Waals surface area contributed by atoms with Gasteiger partial charge in [-0.2, -0.15) is 0 Å². The van der Waals surface area contributed by atoms with Crippen molar-refractivity contribution in [3.8, 4) is 0 Å². The molecule has 0 N–H and O–H groups in total. The summed E-state index contributed by atoms with van der Waals surface area (Å²) in [6.07, 6.45) is 1.70. The Morgan fingerprint density at radius 2 is 1.89 bits per heavy atom. The molecule has 0 spiro atoms. The predicted molar refractivity (Wildman–Crippen MR) is 79.8 cm³/mol. The predicted octanol–water partition coefficient (Wildman–Crippen LogP) is 4.35. The standard InChI is InChI=1S/C17H17ClO/c1-13-6-3-4-7-14(13)11-17(2,12-19)15-8-5-9-16(18)10-15/h3-10,12H,11H2,1-2H3. The van der Waals surface area contributed by atoms with E-state index in [1.807, 2.05) is 43.3 Å². The van der Waals surface area contributed by atoms with Gasteiger partial charge in [0.1, 0.15) is 6.29 Å². The van der Waals surface area contributed by atoms with E-state index in [0.29, 0.717) is 11.4 Å². The molecule has 2 aromatic carbocycles. The fourth-order valence-electron chi connectivity index (χ4n) is 2.26. The van der Waals surface area contributed by atoms with Gasteiger partial charge in [0.2, 0.25) is 0 Å². The van der Waals surface area contributed by atoms with Gasteiger partial charge in [-0.25, -0.2) is 0 Å². The van der Waals surface area contributed by atoms with Crippen molar-refractivity contribution in [2.24, 2.45) is 0 Å². The van der Waals surface area contributed by atoms with Gasteiger partial charge >= 0.3 is 0 Å². The molecule has 0 aliphatic rings. The lowest BCUT2D eigenvalue weighted by Gasteiger charge is -2.25. The third-order valence-corrected chi connectivity index (χ3v) is 3.80. The maximum absolute atomic E-state index is 11.6. The lowest BCUT2D eigenvalue weighted by Crippen LogP contribution is -2.27. The molecule has 1 atom stereocenters. The van der Waals surface area contributed by atoms with Crippen molar-refractivity contribution in [3.63, 3.8) is 0 Å². The Bertz CT molecular complexity index is 591. The molecule has 2 heteroatoms. The molecule has 2 rings (SSSR count). The van der Waals surface area contributed by atoms with Crippen LogP contribution in [0.1, 0.15) is 23.6 Å². The Balaban J connectivity index is 2.39. The zero-order valence-corrected chi connectivity index (χ0v) is 11.9. The van der Waals surface area contributed by atoms with Crippen LogP contribution in [0.5, 0.6) is 0 Å². The Morgan fingerprint density at radius 3 is 2.53 bits per heavy atom. The first-order chi connectivity index (χ1) is 9.05. The number of hydrogen-bond donors (Lipinski definition) is 0. The summed E-state index contributed by atoms with van der Waals surface area (Å²) in [6, 6.07) is 15.7. The summed E-state index contributed by atoms with van der Waals surface area (Å²) in [4.78, 5) is 11.6. The molecular weight excluding hydrogens is 256 g/mol. The molecule has 98 valence electrons. The van der Waals surface area contributed by atoms with Gasteiger partial charge < -0.3 is 4.79 Å². The molecule has 0 fully saturated rings. The van der Waals surface area contributed by atoms with E-state index >= 15 is 0 Å². The second-order valence-corrected chi connectivity index (χ2v) is 5.59. The minimum atomic E-state index is -0.545. The van der Waals surface area contributed by atoms with Crippen LogP contribution >= 0.6 is 11.6 Å². The molecule has 0 radical (unpaired) electrons. The van der Waals surface area contributed by atoms with Gasteiger partial charge in [-0.3, -0.25) is 0 Å². The SMILES string of the molecule is Cc1ccccc1CC(C)(C=O)c1cccc(Cl)c1. The quantitative estimate of drug-likeness (QED) is 0.757. The van der Waals surface area contributed by atoms with E-state index in [-0.39, 0.29) is 0 Å². The lowest BCUT2D eigenvalue weighted by molar-refractivity contribution is -0.112. The smallest absolute Gasteiger partial charge is 0.130 e. The van der Waals surface area contributed by atoms with E-state index in [1.54, 1.807) is 0 Å². The van der Waals surface area contributed by atoms with Crippen LogP contribution in [0.3, 0.4) is 0 Å². The first-order valence-electron chi connectivity index (χ1n) is 6.32. The number of carbonyl (C=O) groups is 1. The number of benzene rings is 2. The number of aldehydes is 1. The third kappa shape index (κ3) is 3.05. The summed E-state index contributed by atoms with van der Waals surface area (Å²) < 4.78 is 0. The average Bonchev–Trinajstić information content (AvgIpc) is 2.41. The Morgan fingerprint density at radius 1 is 1.16 bits per heavy atom. The summed E-state index contributed by atoms with van der Waals surface area (Å²) in [5.74, 6) is 0. The summed E-state index contributed by atoms with van der Waals surface area (Å²) in [5.41, 5.74) is 2.81. The Labute approximate surface area is 119 Å². The summed E-state index contributed by atoms with van der Waals surface area (Å²) in [7, 11) is 0. The minimum Gasteiger partial charge on any atom is -0.302 e. The maximum Gasteiger partial charge on any atom is 0.130 e. The summed E-state index contributed by atoms with van der Waals surface area (Å²) in [5, 5.41) is 0.662. The minimum absolute atomic E-state index is 0.545. The van der Waals surface area contributed by atoms with Crippen molar-refractivity contribution in [3.05, 3.63) is 70.2 Å². The highest BCUT2D eigenvalue weighted by Gasteiger charge is 2.27. The van der Waals surface area contributed by atoms with Gasteiger partial charge in [-0.05, 0) is 49.1 Å². The number of hydrogen-bond acceptors (Lipinski definition) is 1. The zero-order valence-electron chi connectivity index (χ0n) is 11.2. The van der Waals surface area contributed by atoms with Crippen molar-refractivity contribution in [2.45, 2.75) is 25.7 Å². The maximum atomic E-state index is 11.6.